The molecule has 1 atom stereocenters. The van der Waals surface area contributed by atoms with Crippen molar-refractivity contribution < 1.29 is 8.78 Å². The molecule has 0 saturated heterocycles. The molecule has 17 heavy (non-hydrogen) atoms. The summed E-state index contributed by atoms with van der Waals surface area (Å²) in [4.78, 5) is 0. The van der Waals surface area contributed by atoms with Crippen molar-refractivity contribution in [2.45, 2.75) is 13.0 Å². The molecule has 0 amide bonds. The van der Waals surface area contributed by atoms with Crippen molar-refractivity contribution in [1.29, 1.82) is 0 Å². The van der Waals surface area contributed by atoms with Crippen molar-refractivity contribution in [3.8, 4) is 0 Å². The summed E-state index contributed by atoms with van der Waals surface area (Å²) in [5, 5.41) is 3.97. The van der Waals surface area contributed by atoms with Crippen molar-refractivity contribution >= 4 is 0 Å². The van der Waals surface area contributed by atoms with E-state index in [9.17, 15) is 8.78 Å². The van der Waals surface area contributed by atoms with E-state index in [1.807, 2.05) is 0 Å². The molecule has 0 radical (unpaired) electrons. The number of nitrogens with zero attached hydrogens (tertiary/aromatic N) is 2. The van der Waals surface area contributed by atoms with E-state index >= 15 is 0 Å². The number of rotatable bonds is 2. The van der Waals surface area contributed by atoms with E-state index in [0.29, 0.717) is 11.1 Å². The normalized spacial score (nSPS) is 12.8. The lowest BCUT2D eigenvalue weighted by Crippen LogP contribution is -2.13. The molecule has 0 saturated carbocycles. The van der Waals surface area contributed by atoms with Crippen LogP contribution < -0.4 is 5.73 Å². The number of nitrogens with two attached hydrogens (primary N) is 1. The maximum Gasteiger partial charge on any atom is 0.131 e. The van der Waals surface area contributed by atoms with Gasteiger partial charge in [-0.05, 0) is 18.6 Å². The van der Waals surface area contributed by atoms with Gasteiger partial charge < -0.3 is 5.73 Å². The number of hydrogen-bond acceptors (Lipinski definition) is 2. The Morgan fingerprint density at radius 2 is 2.00 bits per heavy atom. The molecular weight excluding hydrogens is 224 g/mol. The Bertz CT molecular complexity index is 549. The average Bonchev–Trinajstić information content (AvgIpc) is 2.69. The molecule has 0 aliphatic rings. The molecule has 5 heteroatoms. The SMILES string of the molecule is Cc1cc(C(N)c2cnn(C)c2)c(F)cc1F. The van der Waals surface area contributed by atoms with Crippen LogP contribution in [-0.4, -0.2) is 9.78 Å². The van der Waals surface area contributed by atoms with E-state index in [0.717, 1.165) is 6.07 Å². The second-order valence-electron chi connectivity index (χ2n) is 4.05. The first-order valence-corrected chi connectivity index (χ1v) is 5.18. The molecular formula is C12H13F2N3. The molecule has 2 aromatic rings. The lowest BCUT2D eigenvalue weighted by Gasteiger charge is -2.12. The highest BCUT2D eigenvalue weighted by atomic mass is 19.1. The van der Waals surface area contributed by atoms with Crippen molar-refractivity contribution in [2.75, 3.05) is 0 Å². The second kappa shape index (κ2) is 4.25. The van der Waals surface area contributed by atoms with Crippen LogP contribution in [0, 0.1) is 18.6 Å². The van der Waals surface area contributed by atoms with Crippen LogP contribution in [0.4, 0.5) is 8.78 Å². The summed E-state index contributed by atoms with van der Waals surface area (Å²) in [5.41, 5.74) is 7.28. The third-order valence-corrected chi connectivity index (χ3v) is 2.70. The molecule has 2 N–H and O–H groups in total. The summed E-state index contributed by atoms with van der Waals surface area (Å²) in [6.45, 7) is 1.58. The molecule has 0 aliphatic carbocycles. The van der Waals surface area contributed by atoms with Gasteiger partial charge in [-0.1, -0.05) is 0 Å². The third kappa shape index (κ3) is 2.19. The summed E-state index contributed by atoms with van der Waals surface area (Å²) in [6, 6.07) is 1.66. The zero-order valence-electron chi connectivity index (χ0n) is 9.61. The lowest BCUT2D eigenvalue weighted by molar-refractivity contribution is 0.561. The van der Waals surface area contributed by atoms with Gasteiger partial charge in [0, 0.05) is 30.4 Å². The van der Waals surface area contributed by atoms with E-state index in [-0.39, 0.29) is 5.56 Å². The van der Waals surface area contributed by atoms with Gasteiger partial charge in [0.2, 0.25) is 0 Å². The van der Waals surface area contributed by atoms with Gasteiger partial charge in [-0.3, -0.25) is 4.68 Å². The van der Waals surface area contributed by atoms with Gasteiger partial charge in [0.05, 0.1) is 12.2 Å². The highest BCUT2D eigenvalue weighted by Crippen LogP contribution is 2.24. The first-order chi connectivity index (χ1) is 7.99. The molecule has 0 aliphatic heterocycles. The summed E-state index contributed by atoms with van der Waals surface area (Å²) in [7, 11) is 1.75. The monoisotopic (exact) mass is 237 g/mol. The van der Waals surface area contributed by atoms with Crippen LogP contribution in [0.2, 0.25) is 0 Å². The molecule has 0 fully saturated rings. The van der Waals surface area contributed by atoms with Gasteiger partial charge in [-0.2, -0.15) is 5.10 Å². The predicted octanol–water partition coefficient (Wildman–Crippen LogP) is 2.05. The summed E-state index contributed by atoms with van der Waals surface area (Å²) >= 11 is 0. The van der Waals surface area contributed by atoms with Gasteiger partial charge in [0.1, 0.15) is 11.6 Å². The minimum absolute atomic E-state index is 0.275. The first-order valence-electron chi connectivity index (χ1n) is 5.18. The van der Waals surface area contributed by atoms with Crippen LogP contribution in [0.25, 0.3) is 0 Å². The topological polar surface area (TPSA) is 43.8 Å². The largest absolute Gasteiger partial charge is 0.320 e. The molecule has 1 unspecified atom stereocenters. The minimum Gasteiger partial charge on any atom is -0.320 e. The molecule has 3 nitrogen and oxygen atoms in total. The quantitative estimate of drug-likeness (QED) is 0.868. The van der Waals surface area contributed by atoms with Gasteiger partial charge in [-0.25, -0.2) is 8.78 Å². The van der Waals surface area contributed by atoms with Crippen molar-refractivity contribution in [3.63, 3.8) is 0 Å². The standard InChI is InChI=1S/C12H13F2N3/c1-7-3-9(11(14)4-10(7)13)12(15)8-5-16-17(2)6-8/h3-6,12H,15H2,1-2H3. The first kappa shape index (κ1) is 11.7. The maximum absolute atomic E-state index is 13.6. The van der Waals surface area contributed by atoms with E-state index < -0.39 is 17.7 Å². The average molecular weight is 237 g/mol. The Morgan fingerprint density at radius 3 is 2.59 bits per heavy atom. The van der Waals surface area contributed by atoms with Crippen molar-refractivity contribution in [1.82, 2.24) is 9.78 Å². The number of aryl methyl sites for hydroxylation is 2. The molecule has 1 heterocycles. The Balaban J connectivity index is 2.43. The van der Waals surface area contributed by atoms with E-state index in [4.69, 9.17) is 5.73 Å². The Morgan fingerprint density at radius 1 is 1.29 bits per heavy atom. The van der Waals surface area contributed by atoms with Gasteiger partial charge in [-0.15, -0.1) is 0 Å². The predicted molar refractivity (Wildman–Crippen MR) is 60.3 cm³/mol. The maximum atomic E-state index is 13.6. The van der Waals surface area contributed by atoms with Crippen LogP contribution in [0.3, 0.4) is 0 Å². The van der Waals surface area contributed by atoms with Crippen LogP contribution in [0.15, 0.2) is 24.5 Å². The minimum atomic E-state index is -0.636. The lowest BCUT2D eigenvalue weighted by atomic mass is 10.00. The molecule has 2 rings (SSSR count). The molecule has 1 aromatic heterocycles. The Hall–Kier alpha value is -1.75. The molecule has 1 aromatic carbocycles. The fourth-order valence-electron chi connectivity index (χ4n) is 1.70. The van der Waals surface area contributed by atoms with Crippen molar-refractivity contribution in [3.05, 3.63) is 52.9 Å². The van der Waals surface area contributed by atoms with Crippen LogP contribution in [0.5, 0.6) is 0 Å². The van der Waals surface area contributed by atoms with Gasteiger partial charge in [0.15, 0.2) is 0 Å². The molecule has 90 valence electrons. The highest BCUT2D eigenvalue weighted by Gasteiger charge is 2.16. The van der Waals surface area contributed by atoms with Crippen LogP contribution in [-0.2, 0) is 7.05 Å². The Kier molecular flexibility index (Phi) is 2.93. The summed E-state index contributed by atoms with van der Waals surface area (Å²) in [6.07, 6.45) is 3.28. The zero-order valence-corrected chi connectivity index (χ0v) is 9.61. The van der Waals surface area contributed by atoms with Gasteiger partial charge in [0.25, 0.3) is 0 Å². The van der Waals surface area contributed by atoms with Crippen LogP contribution >= 0.6 is 0 Å². The number of benzene rings is 1. The smallest absolute Gasteiger partial charge is 0.131 e. The number of hydrogen-bond donors (Lipinski definition) is 1. The fraction of sp³-hybridized carbons (Fsp3) is 0.250. The summed E-state index contributed by atoms with van der Waals surface area (Å²) < 4.78 is 28.3. The number of aromatic nitrogens is 2. The highest BCUT2D eigenvalue weighted by molar-refractivity contribution is 5.33. The molecule has 0 spiro atoms. The number of halogens is 2. The van der Waals surface area contributed by atoms with Crippen LogP contribution in [0.1, 0.15) is 22.7 Å². The van der Waals surface area contributed by atoms with E-state index in [1.165, 1.54) is 6.07 Å². The second-order valence-corrected chi connectivity index (χ2v) is 4.05. The third-order valence-electron chi connectivity index (χ3n) is 2.70. The van der Waals surface area contributed by atoms with Crippen molar-refractivity contribution in [2.24, 2.45) is 12.8 Å². The fourth-order valence-corrected chi connectivity index (χ4v) is 1.70. The van der Waals surface area contributed by atoms with Gasteiger partial charge >= 0.3 is 0 Å². The zero-order chi connectivity index (χ0) is 12.6. The van der Waals surface area contributed by atoms with E-state index in [1.54, 1.807) is 31.0 Å². The Labute approximate surface area is 97.9 Å². The summed E-state index contributed by atoms with van der Waals surface area (Å²) in [5.74, 6) is -1.20. The van der Waals surface area contributed by atoms with E-state index in [2.05, 4.69) is 5.10 Å². The molecule has 0 bridgehead atoms.